The summed E-state index contributed by atoms with van der Waals surface area (Å²) in [5.41, 5.74) is 4.62. The Morgan fingerprint density at radius 1 is 0.964 bits per heavy atom. The average molecular weight is 371 g/mol. The number of H-pyrrole nitrogens is 1. The highest BCUT2D eigenvalue weighted by Crippen LogP contribution is 2.34. The Labute approximate surface area is 163 Å². The minimum Gasteiger partial charge on any atom is -0.497 e. The van der Waals surface area contributed by atoms with Gasteiger partial charge in [-0.3, -0.25) is 0 Å². The largest absolute Gasteiger partial charge is 0.497 e. The molecule has 0 fully saturated rings. The zero-order valence-corrected chi connectivity index (χ0v) is 15.5. The smallest absolute Gasteiger partial charge is 0.319 e. The molecule has 3 aromatic carbocycles. The summed E-state index contributed by atoms with van der Waals surface area (Å²) < 4.78 is 5.23. The predicted molar refractivity (Wildman–Crippen MR) is 113 cm³/mol. The Morgan fingerprint density at radius 2 is 1.75 bits per heavy atom. The third-order valence-electron chi connectivity index (χ3n) is 4.59. The number of ether oxygens (including phenoxy) is 1. The van der Waals surface area contributed by atoms with Gasteiger partial charge in [0, 0.05) is 23.0 Å². The molecule has 5 heteroatoms. The van der Waals surface area contributed by atoms with Gasteiger partial charge in [0.15, 0.2) is 0 Å². The van der Waals surface area contributed by atoms with E-state index < -0.39 is 0 Å². The number of amides is 2. The fourth-order valence-corrected chi connectivity index (χ4v) is 3.22. The zero-order valence-electron chi connectivity index (χ0n) is 15.5. The number of para-hydroxylation sites is 1. The van der Waals surface area contributed by atoms with E-state index >= 15 is 0 Å². The lowest BCUT2D eigenvalue weighted by Crippen LogP contribution is -2.28. The van der Waals surface area contributed by atoms with Gasteiger partial charge in [0.1, 0.15) is 5.75 Å². The fourth-order valence-electron chi connectivity index (χ4n) is 3.22. The predicted octanol–water partition coefficient (Wildman–Crippen LogP) is 5.17. The van der Waals surface area contributed by atoms with Crippen molar-refractivity contribution in [3.8, 4) is 17.0 Å². The molecule has 2 amide bonds. The van der Waals surface area contributed by atoms with Gasteiger partial charge in [-0.25, -0.2) is 4.79 Å². The number of carbonyl (C=O) groups is 1. The van der Waals surface area contributed by atoms with Gasteiger partial charge in [-0.05, 0) is 23.8 Å². The van der Waals surface area contributed by atoms with Gasteiger partial charge < -0.3 is 20.4 Å². The molecule has 1 aromatic heterocycles. The molecule has 0 aliphatic carbocycles. The maximum absolute atomic E-state index is 12.6. The molecule has 0 saturated heterocycles. The van der Waals surface area contributed by atoms with Crippen LogP contribution in [0, 0.1) is 0 Å². The van der Waals surface area contributed by atoms with Crippen LogP contribution in [0.3, 0.4) is 0 Å². The first-order valence-corrected chi connectivity index (χ1v) is 9.08. The lowest BCUT2D eigenvalue weighted by Gasteiger charge is -2.10. The Kier molecular flexibility index (Phi) is 4.97. The molecule has 0 atom stereocenters. The van der Waals surface area contributed by atoms with Gasteiger partial charge >= 0.3 is 6.03 Å². The highest BCUT2D eigenvalue weighted by molar-refractivity contribution is 6.07. The molecule has 0 saturated carbocycles. The summed E-state index contributed by atoms with van der Waals surface area (Å²) in [6, 6.07) is 25.3. The van der Waals surface area contributed by atoms with Crippen molar-refractivity contribution >= 4 is 22.6 Å². The van der Waals surface area contributed by atoms with Crippen molar-refractivity contribution < 1.29 is 9.53 Å². The van der Waals surface area contributed by atoms with Crippen LogP contribution in [0.2, 0.25) is 0 Å². The van der Waals surface area contributed by atoms with Crippen LogP contribution in [-0.2, 0) is 6.54 Å². The number of hydrogen-bond donors (Lipinski definition) is 3. The van der Waals surface area contributed by atoms with Gasteiger partial charge in [-0.15, -0.1) is 0 Å². The Bertz CT molecular complexity index is 1100. The summed E-state index contributed by atoms with van der Waals surface area (Å²) in [7, 11) is 1.63. The number of fused-ring (bicyclic) bond motifs is 1. The van der Waals surface area contributed by atoms with Crippen molar-refractivity contribution in [3.63, 3.8) is 0 Å². The number of urea groups is 1. The second-order valence-corrected chi connectivity index (χ2v) is 6.45. The summed E-state index contributed by atoms with van der Waals surface area (Å²) in [6.07, 6.45) is 0. The summed E-state index contributed by atoms with van der Waals surface area (Å²) in [5.74, 6) is 0.766. The molecule has 0 unspecified atom stereocenters. The van der Waals surface area contributed by atoms with E-state index in [-0.39, 0.29) is 6.03 Å². The second kappa shape index (κ2) is 7.88. The molecular weight excluding hydrogens is 350 g/mol. The lowest BCUT2D eigenvalue weighted by molar-refractivity contribution is 0.252. The van der Waals surface area contributed by atoms with E-state index in [0.717, 1.165) is 39.2 Å². The first-order valence-electron chi connectivity index (χ1n) is 9.08. The van der Waals surface area contributed by atoms with Gasteiger partial charge in [-0.2, -0.15) is 0 Å². The van der Waals surface area contributed by atoms with Crippen LogP contribution in [0.15, 0.2) is 78.9 Å². The number of carbonyl (C=O) groups excluding carboxylic acids is 1. The van der Waals surface area contributed by atoms with E-state index in [0.29, 0.717) is 6.54 Å². The molecule has 1 heterocycles. The molecule has 5 nitrogen and oxygen atoms in total. The van der Waals surface area contributed by atoms with Crippen LogP contribution in [0.1, 0.15) is 5.56 Å². The number of rotatable bonds is 5. The molecule has 0 bridgehead atoms. The summed E-state index contributed by atoms with van der Waals surface area (Å²) in [6.45, 7) is 0.409. The van der Waals surface area contributed by atoms with Crippen LogP contribution in [0.4, 0.5) is 10.5 Å². The van der Waals surface area contributed by atoms with Crippen molar-refractivity contribution in [2.45, 2.75) is 6.54 Å². The Hall–Kier alpha value is -3.73. The monoisotopic (exact) mass is 371 g/mol. The standard InChI is InChI=1S/C23H21N3O2/c1-28-18-11-7-8-16(14-18)15-24-23(27)26-22-19-12-5-6-13-20(19)25-21(22)17-9-3-2-4-10-17/h2-14,25H,15H2,1H3,(H2,24,26,27). The van der Waals surface area contributed by atoms with E-state index in [2.05, 4.69) is 15.6 Å². The minimum atomic E-state index is -0.259. The molecule has 28 heavy (non-hydrogen) atoms. The van der Waals surface area contributed by atoms with Gasteiger partial charge in [0.25, 0.3) is 0 Å². The molecule has 3 N–H and O–H groups in total. The summed E-state index contributed by atoms with van der Waals surface area (Å²) >= 11 is 0. The van der Waals surface area contributed by atoms with Crippen LogP contribution in [0.5, 0.6) is 5.75 Å². The third-order valence-corrected chi connectivity index (χ3v) is 4.59. The average Bonchev–Trinajstić information content (AvgIpc) is 3.11. The van der Waals surface area contributed by atoms with E-state index in [1.54, 1.807) is 7.11 Å². The van der Waals surface area contributed by atoms with Crippen LogP contribution in [-0.4, -0.2) is 18.1 Å². The van der Waals surface area contributed by atoms with Crippen molar-refractivity contribution in [1.82, 2.24) is 10.3 Å². The number of aromatic amines is 1. The number of methoxy groups -OCH3 is 1. The van der Waals surface area contributed by atoms with Gasteiger partial charge in [0.05, 0.1) is 18.5 Å². The number of nitrogens with one attached hydrogen (secondary N) is 3. The van der Waals surface area contributed by atoms with Gasteiger partial charge in [0.2, 0.25) is 0 Å². The van der Waals surface area contributed by atoms with Crippen LogP contribution < -0.4 is 15.4 Å². The van der Waals surface area contributed by atoms with E-state index in [1.807, 2.05) is 78.9 Å². The first kappa shape index (κ1) is 17.7. The summed E-state index contributed by atoms with van der Waals surface area (Å²) in [4.78, 5) is 16.0. The Morgan fingerprint density at radius 3 is 2.57 bits per heavy atom. The van der Waals surface area contributed by atoms with Crippen LogP contribution >= 0.6 is 0 Å². The minimum absolute atomic E-state index is 0.259. The molecule has 140 valence electrons. The first-order chi connectivity index (χ1) is 13.7. The molecule has 0 aliphatic rings. The molecule has 4 rings (SSSR count). The molecule has 4 aromatic rings. The maximum atomic E-state index is 12.6. The fraction of sp³-hybridized carbons (Fsp3) is 0.0870. The number of anilines is 1. The topological polar surface area (TPSA) is 66.2 Å². The number of benzene rings is 3. The highest BCUT2D eigenvalue weighted by atomic mass is 16.5. The van der Waals surface area contributed by atoms with Crippen LogP contribution in [0.25, 0.3) is 22.2 Å². The molecule has 0 radical (unpaired) electrons. The van der Waals surface area contributed by atoms with Crippen molar-refractivity contribution in [2.24, 2.45) is 0 Å². The van der Waals surface area contributed by atoms with Gasteiger partial charge in [-0.1, -0.05) is 60.7 Å². The highest BCUT2D eigenvalue weighted by Gasteiger charge is 2.15. The van der Waals surface area contributed by atoms with Crippen molar-refractivity contribution in [1.29, 1.82) is 0 Å². The van der Waals surface area contributed by atoms with Crippen molar-refractivity contribution in [2.75, 3.05) is 12.4 Å². The molecule has 0 aliphatic heterocycles. The number of hydrogen-bond acceptors (Lipinski definition) is 2. The summed E-state index contributed by atoms with van der Waals surface area (Å²) in [5, 5.41) is 6.90. The Balaban J connectivity index is 1.57. The molecular formula is C23H21N3O2. The van der Waals surface area contributed by atoms with Crippen molar-refractivity contribution in [3.05, 3.63) is 84.4 Å². The second-order valence-electron chi connectivity index (χ2n) is 6.45. The zero-order chi connectivity index (χ0) is 19.3. The SMILES string of the molecule is COc1cccc(CNC(=O)Nc2c(-c3ccccc3)[nH]c3ccccc23)c1. The normalized spacial score (nSPS) is 10.6. The third kappa shape index (κ3) is 3.69. The van der Waals surface area contributed by atoms with E-state index in [4.69, 9.17) is 4.74 Å². The van der Waals surface area contributed by atoms with E-state index in [9.17, 15) is 4.79 Å². The maximum Gasteiger partial charge on any atom is 0.319 e. The lowest BCUT2D eigenvalue weighted by atomic mass is 10.1. The quantitative estimate of drug-likeness (QED) is 0.453. The van der Waals surface area contributed by atoms with E-state index in [1.165, 1.54) is 0 Å². The number of aromatic nitrogens is 1. The molecule has 0 spiro atoms.